The van der Waals surface area contributed by atoms with E-state index in [2.05, 4.69) is 36.4 Å². The van der Waals surface area contributed by atoms with Crippen molar-refractivity contribution >= 4 is 5.91 Å². The Morgan fingerprint density at radius 2 is 1.76 bits per heavy atom. The molecule has 1 aromatic heterocycles. The van der Waals surface area contributed by atoms with Crippen molar-refractivity contribution < 1.29 is 4.79 Å². The van der Waals surface area contributed by atoms with Crippen molar-refractivity contribution in [3.63, 3.8) is 0 Å². The minimum atomic E-state index is -0.124. The summed E-state index contributed by atoms with van der Waals surface area (Å²) in [5.41, 5.74) is 5.92. The number of rotatable bonds is 4. The highest BCUT2D eigenvalue weighted by Crippen LogP contribution is 2.22. The van der Waals surface area contributed by atoms with Gasteiger partial charge in [0.05, 0.1) is 11.7 Å². The van der Waals surface area contributed by atoms with Crippen LogP contribution in [-0.4, -0.2) is 15.7 Å². The summed E-state index contributed by atoms with van der Waals surface area (Å²) in [6.07, 6.45) is 0. The van der Waals surface area contributed by atoms with Gasteiger partial charge in [-0.05, 0) is 49.6 Å². The Morgan fingerprint density at radius 3 is 2.44 bits per heavy atom. The first-order valence-electron chi connectivity index (χ1n) is 8.43. The fourth-order valence-corrected chi connectivity index (χ4v) is 2.82. The molecule has 128 valence electrons. The van der Waals surface area contributed by atoms with E-state index in [1.165, 1.54) is 11.1 Å². The first kappa shape index (κ1) is 17.0. The highest BCUT2D eigenvalue weighted by atomic mass is 16.2. The van der Waals surface area contributed by atoms with E-state index in [1.54, 1.807) is 11.7 Å². The lowest BCUT2D eigenvalue weighted by Crippen LogP contribution is -2.28. The molecule has 0 aliphatic rings. The molecule has 0 aliphatic heterocycles. The zero-order chi connectivity index (χ0) is 18.0. The van der Waals surface area contributed by atoms with Crippen LogP contribution >= 0.6 is 0 Å². The van der Waals surface area contributed by atoms with Crippen LogP contribution in [0, 0.1) is 13.8 Å². The third kappa shape index (κ3) is 3.63. The van der Waals surface area contributed by atoms with E-state index in [0.717, 1.165) is 16.8 Å². The minimum absolute atomic E-state index is 0.0614. The van der Waals surface area contributed by atoms with Gasteiger partial charge in [-0.25, -0.2) is 0 Å². The molecule has 0 fully saturated rings. The standard InChI is InChI=1S/C21H23N3O/c1-14-10-11-18(12-15(14)2)19-13-20(24(4)23-19)21(25)22-16(3)17-8-6-5-7-9-17/h5-13,16H,1-4H3,(H,22,25). The number of nitrogens with one attached hydrogen (secondary N) is 1. The maximum absolute atomic E-state index is 12.6. The van der Waals surface area contributed by atoms with Crippen LogP contribution < -0.4 is 5.32 Å². The van der Waals surface area contributed by atoms with Crippen LogP contribution in [0.4, 0.5) is 0 Å². The molecule has 1 amide bonds. The van der Waals surface area contributed by atoms with Crippen molar-refractivity contribution in [2.45, 2.75) is 26.8 Å². The van der Waals surface area contributed by atoms with Crippen LogP contribution in [0.2, 0.25) is 0 Å². The molecular formula is C21H23N3O. The zero-order valence-electron chi connectivity index (χ0n) is 15.1. The average molecular weight is 333 g/mol. The Labute approximate surface area is 148 Å². The summed E-state index contributed by atoms with van der Waals surface area (Å²) in [7, 11) is 1.80. The topological polar surface area (TPSA) is 46.9 Å². The van der Waals surface area contributed by atoms with Crippen molar-refractivity contribution in [2.75, 3.05) is 0 Å². The molecule has 2 aromatic carbocycles. The van der Waals surface area contributed by atoms with E-state index in [0.29, 0.717) is 5.69 Å². The number of amides is 1. The maximum Gasteiger partial charge on any atom is 0.270 e. The van der Waals surface area contributed by atoms with Gasteiger partial charge in [0.2, 0.25) is 0 Å². The van der Waals surface area contributed by atoms with Gasteiger partial charge in [0.1, 0.15) is 5.69 Å². The molecule has 3 aromatic rings. The van der Waals surface area contributed by atoms with Gasteiger partial charge in [-0.2, -0.15) is 5.10 Å². The van der Waals surface area contributed by atoms with Crippen LogP contribution in [0.5, 0.6) is 0 Å². The fourth-order valence-electron chi connectivity index (χ4n) is 2.82. The number of benzene rings is 2. The van der Waals surface area contributed by atoms with Gasteiger partial charge in [-0.1, -0.05) is 42.5 Å². The summed E-state index contributed by atoms with van der Waals surface area (Å²) in [6, 6.07) is 17.9. The van der Waals surface area contributed by atoms with Crippen LogP contribution in [0.25, 0.3) is 11.3 Å². The zero-order valence-corrected chi connectivity index (χ0v) is 15.1. The summed E-state index contributed by atoms with van der Waals surface area (Å²) in [4.78, 5) is 12.6. The number of aromatic nitrogens is 2. The Kier molecular flexibility index (Phi) is 4.70. The number of hydrogen-bond acceptors (Lipinski definition) is 2. The Balaban J connectivity index is 1.82. The molecule has 1 unspecified atom stereocenters. The number of aryl methyl sites for hydroxylation is 3. The first-order chi connectivity index (χ1) is 12.0. The van der Waals surface area contributed by atoms with E-state index in [4.69, 9.17) is 0 Å². The van der Waals surface area contributed by atoms with Crippen molar-refractivity contribution in [1.82, 2.24) is 15.1 Å². The second kappa shape index (κ2) is 6.93. The van der Waals surface area contributed by atoms with Gasteiger partial charge in [0.25, 0.3) is 5.91 Å². The van der Waals surface area contributed by atoms with Crippen molar-refractivity contribution in [2.24, 2.45) is 7.05 Å². The SMILES string of the molecule is Cc1ccc(-c2cc(C(=O)NC(C)c3ccccc3)n(C)n2)cc1C. The Morgan fingerprint density at radius 1 is 1.04 bits per heavy atom. The lowest BCUT2D eigenvalue weighted by Gasteiger charge is -2.14. The normalized spacial score (nSPS) is 12.0. The summed E-state index contributed by atoms with van der Waals surface area (Å²) in [5.74, 6) is -0.124. The van der Waals surface area contributed by atoms with Gasteiger partial charge >= 0.3 is 0 Å². The van der Waals surface area contributed by atoms with Gasteiger partial charge in [0.15, 0.2) is 0 Å². The molecule has 0 saturated carbocycles. The molecule has 0 spiro atoms. The average Bonchev–Trinajstić information content (AvgIpc) is 3.00. The highest BCUT2D eigenvalue weighted by molar-refractivity contribution is 5.94. The quantitative estimate of drug-likeness (QED) is 0.778. The van der Waals surface area contributed by atoms with Gasteiger partial charge < -0.3 is 5.32 Å². The van der Waals surface area contributed by atoms with Gasteiger partial charge in [-0.3, -0.25) is 9.48 Å². The van der Waals surface area contributed by atoms with E-state index >= 15 is 0 Å². The minimum Gasteiger partial charge on any atom is -0.344 e. The van der Waals surface area contributed by atoms with Crippen LogP contribution in [0.3, 0.4) is 0 Å². The molecule has 25 heavy (non-hydrogen) atoms. The Bertz CT molecular complexity index is 897. The first-order valence-corrected chi connectivity index (χ1v) is 8.43. The highest BCUT2D eigenvalue weighted by Gasteiger charge is 2.17. The molecule has 3 rings (SSSR count). The number of carbonyl (C=O) groups excluding carboxylic acids is 1. The lowest BCUT2D eigenvalue weighted by atomic mass is 10.0. The number of hydrogen-bond donors (Lipinski definition) is 1. The van der Waals surface area contributed by atoms with E-state index in [1.807, 2.05) is 49.4 Å². The second-order valence-corrected chi connectivity index (χ2v) is 6.44. The molecule has 1 N–H and O–H groups in total. The number of carbonyl (C=O) groups is 1. The third-order valence-electron chi connectivity index (χ3n) is 4.56. The lowest BCUT2D eigenvalue weighted by molar-refractivity contribution is 0.0930. The smallest absolute Gasteiger partial charge is 0.270 e. The molecule has 4 heteroatoms. The Hall–Kier alpha value is -2.88. The van der Waals surface area contributed by atoms with Crippen LogP contribution in [0.15, 0.2) is 54.6 Å². The molecule has 4 nitrogen and oxygen atoms in total. The van der Waals surface area contributed by atoms with Crippen LogP contribution in [-0.2, 0) is 7.05 Å². The van der Waals surface area contributed by atoms with Gasteiger partial charge in [-0.15, -0.1) is 0 Å². The molecule has 1 atom stereocenters. The molecule has 0 radical (unpaired) electrons. The van der Waals surface area contributed by atoms with E-state index in [9.17, 15) is 4.79 Å². The van der Waals surface area contributed by atoms with Crippen molar-refractivity contribution in [1.29, 1.82) is 0 Å². The maximum atomic E-state index is 12.6. The summed E-state index contributed by atoms with van der Waals surface area (Å²) in [6.45, 7) is 6.14. The summed E-state index contributed by atoms with van der Waals surface area (Å²) in [5, 5.41) is 7.55. The predicted octanol–water partition coefficient (Wildman–Crippen LogP) is 4.19. The van der Waals surface area contributed by atoms with Gasteiger partial charge in [0, 0.05) is 12.6 Å². The summed E-state index contributed by atoms with van der Waals surface area (Å²) < 4.78 is 1.64. The second-order valence-electron chi connectivity index (χ2n) is 6.44. The largest absolute Gasteiger partial charge is 0.344 e. The molecular weight excluding hydrogens is 310 g/mol. The monoisotopic (exact) mass is 333 g/mol. The third-order valence-corrected chi connectivity index (χ3v) is 4.56. The molecule has 0 aliphatic carbocycles. The number of nitrogens with zero attached hydrogens (tertiary/aromatic N) is 2. The van der Waals surface area contributed by atoms with Crippen LogP contribution in [0.1, 0.15) is 40.1 Å². The fraction of sp³-hybridized carbons (Fsp3) is 0.238. The molecule has 0 bridgehead atoms. The van der Waals surface area contributed by atoms with E-state index in [-0.39, 0.29) is 11.9 Å². The molecule has 0 saturated heterocycles. The summed E-state index contributed by atoms with van der Waals surface area (Å²) >= 11 is 0. The predicted molar refractivity (Wildman–Crippen MR) is 100 cm³/mol. The van der Waals surface area contributed by atoms with E-state index < -0.39 is 0 Å². The van der Waals surface area contributed by atoms with Crippen molar-refractivity contribution in [3.8, 4) is 11.3 Å². The van der Waals surface area contributed by atoms with Crippen molar-refractivity contribution in [3.05, 3.63) is 77.0 Å². The molecule has 1 heterocycles.